The number of benzene rings is 4. The Morgan fingerprint density at radius 3 is 2.33 bits per heavy atom. The van der Waals surface area contributed by atoms with Gasteiger partial charge in [0, 0.05) is 39.9 Å². The lowest BCUT2D eigenvalue weighted by molar-refractivity contribution is -0.126. The Bertz CT molecular complexity index is 1820. The van der Waals surface area contributed by atoms with Gasteiger partial charge in [-0.25, -0.2) is 4.98 Å². The monoisotopic (exact) mass is 603 g/mol. The van der Waals surface area contributed by atoms with Crippen molar-refractivity contribution in [1.82, 2.24) is 10.3 Å². The fraction of sp³-hybridized carbons (Fsp3) is 0.194. The molecular formula is C36H30ClN3O2S. The molecule has 1 atom stereocenters. The minimum atomic E-state index is -0.609. The molecule has 0 fully saturated rings. The van der Waals surface area contributed by atoms with E-state index in [4.69, 9.17) is 16.6 Å². The summed E-state index contributed by atoms with van der Waals surface area (Å²) < 4.78 is 0. The molecule has 1 aromatic heterocycles. The van der Waals surface area contributed by atoms with Crippen LogP contribution in [0, 0.1) is 5.41 Å². The summed E-state index contributed by atoms with van der Waals surface area (Å²) in [6.45, 7) is 2.60. The zero-order valence-corrected chi connectivity index (χ0v) is 25.2. The molecule has 7 heteroatoms. The molecule has 5 aromatic rings. The summed E-state index contributed by atoms with van der Waals surface area (Å²) in [6.07, 6.45) is 1.45. The van der Waals surface area contributed by atoms with Gasteiger partial charge in [-0.15, -0.1) is 11.3 Å². The van der Waals surface area contributed by atoms with Gasteiger partial charge in [0.05, 0.1) is 11.1 Å². The van der Waals surface area contributed by atoms with Crippen molar-refractivity contribution in [2.24, 2.45) is 5.41 Å². The highest BCUT2D eigenvalue weighted by Gasteiger charge is 2.54. The summed E-state index contributed by atoms with van der Waals surface area (Å²) in [7, 11) is 0. The molecule has 1 unspecified atom stereocenters. The van der Waals surface area contributed by atoms with Crippen LogP contribution in [0.2, 0.25) is 5.02 Å². The number of fused-ring (bicyclic) bond motifs is 1. The molecule has 0 saturated heterocycles. The molecule has 0 radical (unpaired) electrons. The molecule has 2 N–H and O–H groups in total. The smallest absolute Gasteiger partial charge is 0.251 e. The van der Waals surface area contributed by atoms with Crippen LogP contribution in [0.1, 0.15) is 63.4 Å². The van der Waals surface area contributed by atoms with Gasteiger partial charge in [-0.3, -0.25) is 9.59 Å². The van der Waals surface area contributed by atoms with E-state index in [1.165, 1.54) is 33.6 Å². The minimum absolute atomic E-state index is 0.0137. The molecule has 0 aliphatic heterocycles. The topological polar surface area (TPSA) is 71.1 Å². The van der Waals surface area contributed by atoms with Crippen LogP contribution in [-0.4, -0.2) is 23.3 Å². The molecule has 214 valence electrons. The van der Waals surface area contributed by atoms with Gasteiger partial charge in [0.25, 0.3) is 5.91 Å². The Hall–Kier alpha value is -4.26. The van der Waals surface area contributed by atoms with E-state index in [0.29, 0.717) is 28.7 Å². The van der Waals surface area contributed by atoms with E-state index in [0.717, 1.165) is 23.2 Å². The van der Waals surface area contributed by atoms with Crippen LogP contribution in [0.3, 0.4) is 0 Å². The molecule has 43 heavy (non-hydrogen) atoms. The van der Waals surface area contributed by atoms with E-state index >= 15 is 0 Å². The van der Waals surface area contributed by atoms with Crippen LogP contribution >= 0.6 is 22.9 Å². The number of aromatic nitrogens is 1. The predicted molar refractivity (Wildman–Crippen MR) is 173 cm³/mol. The summed E-state index contributed by atoms with van der Waals surface area (Å²) in [5, 5.41) is 9.31. The lowest BCUT2D eigenvalue weighted by atomic mass is 9.52. The number of thiazole rings is 1. The third-order valence-electron chi connectivity index (χ3n) is 8.88. The Morgan fingerprint density at radius 1 is 0.907 bits per heavy atom. The molecule has 3 aliphatic rings. The highest BCUT2D eigenvalue weighted by Crippen LogP contribution is 2.61. The number of carbonyl (C=O) groups is 2. The second-order valence-corrected chi connectivity index (χ2v) is 12.9. The number of carbonyl (C=O) groups excluding carboxylic acids is 2. The molecule has 0 spiro atoms. The highest BCUT2D eigenvalue weighted by molar-refractivity contribution is 7.14. The number of nitrogens with zero attached hydrogens (tertiary/aromatic N) is 1. The van der Waals surface area contributed by atoms with Crippen LogP contribution in [0.15, 0.2) is 102 Å². The number of anilines is 1. The fourth-order valence-corrected chi connectivity index (χ4v) is 7.76. The number of rotatable bonds is 7. The Balaban J connectivity index is 1.06. The second kappa shape index (κ2) is 11.1. The first-order chi connectivity index (χ1) is 20.9. The van der Waals surface area contributed by atoms with Crippen LogP contribution in [0.4, 0.5) is 5.13 Å². The molecule has 2 bridgehead atoms. The minimum Gasteiger partial charge on any atom is -0.352 e. The maximum absolute atomic E-state index is 14.0. The summed E-state index contributed by atoms with van der Waals surface area (Å²) >= 11 is 7.47. The first-order valence-corrected chi connectivity index (χ1v) is 15.7. The largest absolute Gasteiger partial charge is 0.352 e. The van der Waals surface area contributed by atoms with Gasteiger partial charge >= 0.3 is 0 Å². The Labute approximate surface area is 260 Å². The van der Waals surface area contributed by atoms with Gasteiger partial charge in [-0.2, -0.15) is 0 Å². The third kappa shape index (κ3) is 5.05. The maximum atomic E-state index is 14.0. The van der Waals surface area contributed by atoms with Gasteiger partial charge in [0.1, 0.15) is 0 Å². The van der Waals surface area contributed by atoms with Crippen LogP contribution in [0.25, 0.3) is 11.3 Å². The Morgan fingerprint density at radius 2 is 1.60 bits per heavy atom. The van der Waals surface area contributed by atoms with Crippen LogP contribution in [0.5, 0.6) is 0 Å². The number of hydrogen-bond acceptors (Lipinski definition) is 4. The normalized spacial score (nSPS) is 19.8. The van der Waals surface area contributed by atoms with Crippen molar-refractivity contribution in [3.05, 3.63) is 141 Å². The average Bonchev–Trinajstić information content (AvgIpc) is 3.50. The molecule has 4 aromatic carbocycles. The van der Waals surface area contributed by atoms with Crippen LogP contribution in [-0.2, 0) is 11.2 Å². The van der Waals surface area contributed by atoms with Crippen molar-refractivity contribution in [1.29, 1.82) is 0 Å². The summed E-state index contributed by atoms with van der Waals surface area (Å²) in [5.74, 6) is 0.0199. The highest BCUT2D eigenvalue weighted by atomic mass is 35.5. The van der Waals surface area contributed by atoms with Crippen molar-refractivity contribution >= 4 is 39.9 Å². The second-order valence-electron chi connectivity index (χ2n) is 11.6. The van der Waals surface area contributed by atoms with Gasteiger partial charge < -0.3 is 10.6 Å². The van der Waals surface area contributed by atoms with Gasteiger partial charge in [-0.1, -0.05) is 84.4 Å². The molecule has 0 saturated carbocycles. The zero-order chi connectivity index (χ0) is 29.6. The van der Waals surface area contributed by atoms with E-state index in [9.17, 15) is 9.59 Å². The number of halogens is 1. The first kappa shape index (κ1) is 27.6. The van der Waals surface area contributed by atoms with E-state index in [1.807, 2.05) is 47.8 Å². The fourth-order valence-electron chi connectivity index (χ4n) is 6.83. The molecule has 3 aliphatic carbocycles. The van der Waals surface area contributed by atoms with Crippen molar-refractivity contribution in [2.45, 2.75) is 31.6 Å². The molecule has 8 rings (SSSR count). The van der Waals surface area contributed by atoms with E-state index in [2.05, 4.69) is 66.1 Å². The standard InChI is InChI=1S/C36H30ClN3O2S/c1-36(20-30-26-12-2-4-14-28(26)32(36)29-15-5-3-13-27(29)30)34(42)40-35-39-31(21-43-35)23-9-7-10-24(19-23)33(41)38-17-16-22-8-6-11-25(37)18-22/h2-15,18-19,21,30,32H,16-17,20H2,1H3,(H,38,41)(H,39,40,42). The SMILES string of the molecule is CC1(C(=O)Nc2nc(-c3cccc(C(=O)NCCc4cccc(Cl)c4)c3)cs2)CC2c3ccccc3C1c1ccccc12. The summed E-state index contributed by atoms with van der Waals surface area (Å²) in [4.78, 5) is 31.6. The quantitative estimate of drug-likeness (QED) is 0.198. The van der Waals surface area contributed by atoms with Crippen molar-refractivity contribution in [3.8, 4) is 11.3 Å². The maximum Gasteiger partial charge on any atom is 0.251 e. The van der Waals surface area contributed by atoms with Crippen molar-refractivity contribution in [3.63, 3.8) is 0 Å². The van der Waals surface area contributed by atoms with Crippen molar-refractivity contribution in [2.75, 3.05) is 11.9 Å². The lowest BCUT2D eigenvalue weighted by Crippen LogP contribution is -2.47. The van der Waals surface area contributed by atoms with Crippen molar-refractivity contribution < 1.29 is 9.59 Å². The van der Waals surface area contributed by atoms with E-state index in [-0.39, 0.29) is 23.7 Å². The Kier molecular flexibility index (Phi) is 7.12. The third-order valence-corrected chi connectivity index (χ3v) is 9.88. The number of nitrogens with one attached hydrogen (secondary N) is 2. The predicted octanol–water partition coefficient (Wildman–Crippen LogP) is 8.06. The molecule has 1 heterocycles. The summed E-state index contributed by atoms with van der Waals surface area (Å²) in [5.41, 5.74) is 7.73. The lowest BCUT2D eigenvalue weighted by Gasteiger charge is -2.50. The number of hydrogen-bond donors (Lipinski definition) is 2. The van der Waals surface area contributed by atoms with E-state index in [1.54, 1.807) is 6.07 Å². The zero-order valence-electron chi connectivity index (χ0n) is 23.6. The van der Waals surface area contributed by atoms with Gasteiger partial charge in [-0.05, 0) is 71.8 Å². The van der Waals surface area contributed by atoms with Crippen LogP contribution < -0.4 is 10.6 Å². The first-order valence-electron chi connectivity index (χ1n) is 14.5. The average molecular weight is 604 g/mol. The van der Waals surface area contributed by atoms with E-state index < -0.39 is 5.41 Å². The molecule has 5 nitrogen and oxygen atoms in total. The molecular weight excluding hydrogens is 574 g/mol. The number of amides is 2. The van der Waals surface area contributed by atoms with Gasteiger partial charge in [0.15, 0.2) is 5.13 Å². The van der Waals surface area contributed by atoms with Gasteiger partial charge in [0.2, 0.25) is 5.91 Å². The molecule has 2 amide bonds. The summed E-state index contributed by atoms with van der Waals surface area (Å²) in [6, 6.07) is 32.2.